The molecular weight excluding hydrogens is 415 g/mol. The SMILES string of the molecule is C1=CCC2CC[CH-]C2=C1.C[Si](C)(C)C1=[C-]C([Si](C)(C)C)=CC1.[Cl-].[Cl-].[Ti+4]. The molecule has 0 saturated heterocycles. The van der Waals surface area contributed by atoms with E-state index in [1.165, 1.54) is 25.7 Å². The monoisotopic (exact) mass is 446 g/mol. The van der Waals surface area contributed by atoms with Crippen molar-refractivity contribution in [3.8, 4) is 0 Å². The summed E-state index contributed by atoms with van der Waals surface area (Å²) in [7, 11) is -2.16. The van der Waals surface area contributed by atoms with Crippen molar-refractivity contribution in [3.05, 3.63) is 52.8 Å². The van der Waals surface area contributed by atoms with Crippen LogP contribution >= 0.6 is 0 Å². The van der Waals surface area contributed by atoms with E-state index < -0.39 is 16.1 Å². The Labute approximate surface area is 185 Å². The van der Waals surface area contributed by atoms with Gasteiger partial charge < -0.3 is 24.8 Å². The van der Waals surface area contributed by atoms with Crippen molar-refractivity contribution in [2.75, 3.05) is 0 Å². The zero-order valence-electron chi connectivity index (χ0n) is 16.5. The van der Waals surface area contributed by atoms with Crippen LogP contribution in [0.3, 0.4) is 0 Å². The molecule has 138 valence electrons. The molecule has 0 bridgehead atoms. The van der Waals surface area contributed by atoms with Crippen molar-refractivity contribution in [1.82, 2.24) is 0 Å². The van der Waals surface area contributed by atoms with Gasteiger partial charge in [0.25, 0.3) is 0 Å². The summed E-state index contributed by atoms with van der Waals surface area (Å²) >= 11 is 0. The first-order valence-corrected chi connectivity index (χ1v) is 15.7. The molecule has 3 rings (SSSR count). The number of halogens is 2. The standard InChI is InChI=1S/C11H21Si2.C9H11.2ClH.Ti/c1-12(2,3)10-7-8-11(9-10)13(4,5)6;1-2-5-9-7-3-6-8(9)4-1;;;/h7H,8H2,1-6H3;1-2,4,6,9H,3,5,7H2;2*1H;/q2*-1;;;+4/p-2. The Kier molecular flexibility index (Phi) is 12.7. The number of hydrogen-bond acceptors (Lipinski definition) is 0. The third kappa shape index (κ3) is 8.41. The molecule has 0 spiro atoms. The molecule has 0 aromatic heterocycles. The molecule has 3 aliphatic carbocycles. The maximum Gasteiger partial charge on any atom is 4.00 e. The van der Waals surface area contributed by atoms with E-state index in [-0.39, 0.29) is 46.5 Å². The predicted molar refractivity (Wildman–Crippen MR) is 105 cm³/mol. The minimum Gasteiger partial charge on any atom is -1.00 e. The van der Waals surface area contributed by atoms with E-state index >= 15 is 0 Å². The molecule has 3 aliphatic rings. The second-order valence-corrected chi connectivity index (χ2v) is 18.9. The Balaban J connectivity index is 0. The van der Waals surface area contributed by atoms with Crippen LogP contribution in [0.1, 0.15) is 25.7 Å². The second-order valence-electron chi connectivity index (χ2n) is 8.73. The maximum absolute atomic E-state index is 3.67. The van der Waals surface area contributed by atoms with Gasteiger partial charge in [-0.2, -0.15) is 5.20 Å². The van der Waals surface area contributed by atoms with Crippen LogP contribution in [0.5, 0.6) is 0 Å². The molecule has 1 fully saturated rings. The van der Waals surface area contributed by atoms with Gasteiger partial charge in [0.05, 0.1) is 8.07 Å². The van der Waals surface area contributed by atoms with E-state index in [1.807, 2.05) is 0 Å². The van der Waals surface area contributed by atoms with Crippen LogP contribution in [-0.2, 0) is 21.7 Å². The number of allylic oxidation sites excluding steroid dienone is 8. The molecule has 0 aromatic rings. The van der Waals surface area contributed by atoms with Crippen molar-refractivity contribution in [1.29, 1.82) is 0 Å². The van der Waals surface area contributed by atoms with Gasteiger partial charge in [0, 0.05) is 8.07 Å². The zero-order valence-corrected chi connectivity index (χ0v) is 21.6. The Morgan fingerprint density at radius 2 is 1.68 bits per heavy atom. The van der Waals surface area contributed by atoms with Gasteiger partial charge in [-0.25, -0.2) is 29.3 Å². The third-order valence-corrected chi connectivity index (χ3v) is 8.81. The summed E-state index contributed by atoms with van der Waals surface area (Å²) in [5, 5.41) is 3.16. The Morgan fingerprint density at radius 3 is 2.12 bits per heavy atom. The molecule has 0 heterocycles. The summed E-state index contributed by atoms with van der Waals surface area (Å²) in [6.07, 6.45) is 20.3. The van der Waals surface area contributed by atoms with E-state index in [0.29, 0.717) is 0 Å². The van der Waals surface area contributed by atoms with Gasteiger partial charge in [-0.15, -0.1) is 25.0 Å². The van der Waals surface area contributed by atoms with Gasteiger partial charge >= 0.3 is 21.7 Å². The van der Waals surface area contributed by atoms with Gasteiger partial charge in [-0.1, -0.05) is 45.7 Å². The van der Waals surface area contributed by atoms with Gasteiger partial charge in [-0.05, 0) is 12.3 Å². The average Bonchev–Trinajstić information content (AvgIpc) is 3.07. The fourth-order valence-electron chi connectivity index (χ4n) is 3.12. The van der Waals surface area contributed by atoms with E-state index in [2.05, 4.69) is 76.1 Å². The summed E-state index contributed by atoms with van der Waals surface area (Å²) in [5.74, 6) is 0.884. The smallest absolute Gasteiger partial charge is 1.00 e. The second kappa shape index (κ2) is 11.4. The predicted octanol–water partition coefficient (Wildman–Crippen LogP) is 0.293. The van der Waals surface area contributed by atoms with E-state index in [0.717, 1.165) is 5.92 Å². The summed E-state index contributed by atoms with van der Waals surface area (Å²) in [6, 6.07) is 0. The summed E-state index contributed by atoms with van der Waals surface area (Å²) in [6.45, 7) is 14.4. The summed E-state index contributed by atoms with van der Waals surface area (Å²) in [5.41, 5.74) is 1.58. The first-order valence-electron chi connectivity index (χ1n) is 8.72. The summed E-state index contributed by atoms with van der Waals surface area (Å²) in [4.78, 5) is 0. The Morgan fingerprint density at radius 1 is 1.04 bits per heavy atom. The number of fused-ring (bicyclic) bond motifs is 1. The van der Waals surface area contributed by atoms with Crippen LogP contribution in [0, 0.1) is 18.4 Å². The van der Waals surface area contributed by atoms with E-state index in [4.69, 9.17) is 0 Å². The van der Waals surface area contributed by atoms with Crippen LogP contribution in [0.4, 0.5) is 0 Å². The first-order chi connectivity index (χ1) is 10.2. The van der Waals surface area contributed by atoms with Crippen molar-refractivity contribution in [2.45, 2.75) is 65.0 Å². The normalized spacial score (nSPS) is 20.9. The topological polar surface area (TPSA) is 0 Å². The minimum atomic E-state index is -1.09. The molecule has 1 saturated carbocycles. The fraction of sp³-hybridized carbons (Fsp3) is 0.550. The van der Waals surface area contributed by atoms with Gasteiger partial charge in [-0.3, -0.25) is 6.08 Å². The summed E-state index contributed by atoms with van der Waals surface area (Å²) < 4.78 is 0. The molecule has 0 aliphatic heterocycles. The molecule has 5 heteroatoms. The van der Waals surface area contributed by atoms with Crippen LogP contribution in [0.25, 0.3) is 0 Å². The Bertz CT molecular complexity index is 535. The molecule has 25 heavy (non-hydrogen) atoms. The van der Waals surface area contributed by atoms with Crippen molar-refractivity contribution < 1.29 is 46.5 Å². The van der Waals surface area contributed by atoms with Crippen molar-refractivity contribution >= 4 is 16.1 Å². The van der Waals surface area contributed by atoms with Gasteiger partial charge in [0.1, 0.15) is 0 Å². The maximum atomic E-state index is 3.67. The first kappa shape index (κ1) is 27.8. The van der Waals surface area contributed by atoms with Gasteiger partial charge in [0.2, 0.25) is 0 Å². The molecular formula is C20H32Cl2Si2Ti. The number of rotatable bonds is 2. The third-order valence-electron chi connectivity index (χ3n) is 4.72. The van der Waals surface area contributed by atoms with Gasteiger partial charge in [0.15, 0.2) is 0 Å². The molecule has 0 nitrogen and oxygen atoms in total. The molecule has 0 amide bonds. The molecule has 0 radical (unpaired) electrons. The van der Waals surface area contributed by atoms with Crippen molar-refractivity contribution in [3.63, 3.8) is 0 Å². The Hall–Kier alpha value is 0.558. The van der Waals surface area contributed by atoms with Crippen LogP contribution in [0.2, 0.25) is 39.3 Å². The largest absolute Gasteiger partial charge is 4.00 e. The average molecular weight is 447 g/mol. The van der Waals surface area contributed by atoms with Crippen LogP contribution < -0.4 is 24.8 Å². The quantitative estimate of drug-likeness (QED) is 0.422. The van der Waals surface area contributed by atoms with Crippen LogP contribution in [-0.4, -0.2) is 16.1 Å². The zero-order chi connectivity index (χ0) is 16.4. The minimum absolute atomic E-state index is 0. The fourth-order valence-corrected chi connectivity index (χ4v) is 5.71. The molecule has 1 unspecified atom stereocenters. The van der Waals surface area contributed by atoms with Crippen LogP contribution in [0.15, 0.2) is 40.3 Å². The molecule has 0 aromatic carbocycles. The van der Waals surface area contributed by atoms with E-state index in [9.17, 15) is 0 Å². The van der Waals surface area contributed by atoms with E-state index in [1.54, 1.807) is 16.0 Å². The molecule has 1 atom stereocenters. The van der Waals surface area contributed by atoms with Crippen molar-refractivity contribution in [2.24, 2.45) is 5.92 Å². The number of hydrogen-bond donors (Lipinski definition) is 0. The molecule has 0 N–H and O–H groups in total.